The zero-order valence-corrected chi connectivity index (χ0v) is 28.7. The molecule has 0 unspecified atom stereocenters. The average molecular weight is 784 g/mol. The Morgan fingerprint density at radius 1 is 0.783 bits per heavy atom. The van der Waals surface area contributed by atoms with E-state index in [9.17, 15) is 0 Å². The maximum Gasteiger partial charge on any atom is 0.242 e. The zero-order chi connectivity index (χ0) is 30.5. The van der Waals surface area contributed by atoms with Crippen molar-refractivity contribution in [2.24, 2.45) is 0 Å². The Morgan fingerprint density at radius 3 is 2.48 bits per heavy atom. The van der Waals surface area contributed by atoms with Crippen molar-refractivity contribution in [1.82, 2.24) is 14.1 Å². The first kappa shape index (κ1) is 30.4. The first-order valence-electron chi connectivity index (χ1n) is 16.0. The normalized spacial score (nSPS) is 13.7. The van der Waals surface area contributed by atoms with Gasteiger partial charge in [-0.15, -0.1) is 29.7 Å². The van der Waals surface area contributed by atoms with Gasteiger partial charge < -0.3 is 18.4 Å². The number of fused-ring (bicyclic) bond motifs is 3. The summed E-state index contributed by atoms with van der Waals surface area (Å²) in [6.45, 7) is 7.66. The molecule has 1 aliphatic heterocycles. The number of ether oxygens (including phenoxy) is 1. The largest absolute Gasteiger partial charge is 0.510 e. The maximum atomic E-state index is 6.47. The Hall–Kier alpha value is -4.21. The second kappa shape index (κ2) is 12.2. The van der Waals surface area contributed by atoms with E-state index in [2.05, 4.69) is 120 Å². The molecule has 3 aromatic heterocycles. The minimum atomic E-state index is 0. The van der Waals surface area contributed by atoms with E-state index in [1.807, 2.05) is 24.4 Å². The van der Waals surface area contributed by atoms with Crippen molar-refractivity contribution in [3.63, 3.8) is 0 Å². The first-order chi connectivity index (χ1) is 21.9. The van der Waals surface area contributed by atoms with Crippen LogP contribution in [0.3, 0.4) is 0 Å². The number of hydrogen-bond donors (Lipinski definition) is 0. The van der Waals surface area contributed by atoms with Gasteiger partial charge in [-0.05, 0) is 65.8 Å². The zero-order valence-electron chi connectivity index (χ0n) is 26.4. The third-order valence-electron chi connectivity index (χ3n) is 9.02. The summed E-state index contributed by atoms with van der Waals surface area (Å²) in [6, 6.07) is 36.6. The molecule has 0 amide bonds. The van der Waals surface area contributed by atoms with Crippen molar-refractivity contribution in [2.75, 3.05) is 0 Å². The van der Waals surface area contributed by atoms with Gasteiger partial charge in [-0.1, -0.05) is 74.8 Å². The number of nitrogens with zero attached hydrogens (tertiary/aromatic N) is 4. The molecule has 0 radical (unpaired) electrons. The number of para-hydroxylation sites is 2. The van der Waals surface area contributed by atoms with Crippen molar-refractivity contribution in [3.05, 3.63) is 121 Å². The molecule has 1 aliphatic rings. The van der Waals surface area contributed by atoms with E-state index < -0.39 is 0 Å². The van der Waals surface area contributed by atoms with Crippen LogP contribution in [0.1, 0.15) is 57.6 Å². The van der Waals surface area contributed by atoms with Gasteiger partial charge in [-0.2, -0.15) is 18.2 Å². The van der Waals surface area contributed by atoms with Gasteiger partial charge in [0.2, 0.25) is 6.33 Å². The second-order valence-electron chi connectivity index (χ2n) is 13.1. The van der Waals surface area contributed by atoms with Crippen LogP contribution in [0.25, 0.3) is 44.3 Å². The van der Waals surface area contributed by atoms with E-state index >= 15 is 0 Å². The molecule has 0 saturated heterocycles. The Kier molecular flexibility index (Phi) is 8.07. The molecular weight excluding hydrogens is 748 g/mol. The molecular formula is C40H36N4OPt-2. The number of benzene rings is 4. The van der Waals surface area contributed by atoms with Gasteiger partial charge in [0, 0.05) is 44.3 Å². The molecule has 7 aromatic rings. The molecule has 0 aliphatic carbocycles. The molecule has 4 aromatic carbocycles. The summed E-state index contributed by atoms with van der Waals surface area (Å²) in [4.78, 5) is 4.80. The molecule has 0 bridgehead atoms. The van der Waals surface area contributed by atoms with Crippen LogP contribution in [-0.2, 0) is 39.4 Å². The van der Waals surface area contributed by atoms with Crippen LogP contribution in [0.4, 0.5) is 0 Å². The fourth-order valence-corrected chi connectivity index (χ4v) is 6.70. The van der Waals surface area contributed by atoms with Crippen LogP contribution < -0.4 is 9.30 Å². The molecule has 8 rings (SSSR count). The van der Waals surface area contributed by atoms with E-state index in [0.29, 0.717) is 11.5 Å². The van der Waals surface area contributed by atoms with Gasteiger partial charge in [0.05, 0.1) is 17.6 Å². The standard InChI is InChI=1S/C40H36N4O.Pt/c1-40(2,3)29-21-22-41-38(24-29)44-35-17-8-7-16-33(35)34-20-19-32(26-37(34)44)45-31-15-11-14-30(25-31)43-27-42-23-9-5-4-6-12-28-13-10-18-36(43)39(28)42;/h7-8,10-11,13-22,24H,4-6,9,12,23H2,1-3H3;/q-2;. The Balaban J connectivity index is 0.00000338. The number of pyridine rings is 1. The van der Waals surface area contributed by atoms with Crippen LogP contribution in [0.5, 0.6) is 11.5 Å². The van der Waals surface area contributed by atoms with Crippen LogP contribution in [0, 0.1) is 18.5 Å². The second-order valence-corrected chi connectivity index (χ2v) is 13.1. The van der Waals surface area contributed by atoms with Crippen molar-refractivity contribution < 1.29 is 30.4 Å². The molecule has 6 heteroatoms. The molecule has 0 saturated carbocycles. The van der Waals surface area contributed by atoms with Crippen LogP contribution in [-0.4, -0.2) is 14.1 Å². The average Bonchev–Trinajstić information content (AvgIpc) is 3.61. The van der Waals surface area contributed by atoms with E-state index in [1.54, 1.807) is 0 Å². The monoisotopic (exact) mass is 783 g/mol. The van der Waals surface area contributed by atoms with Gasteiger partial charge in [0.25, 0.3) is 0 Å². The van der Waals surface area contributed by atoms with Gasteiger partial charge in [0.15, 0.2) is 0 Å². The summed E-state index contributed by atoms with van der Waals surface area (Å²) in [5.74, 6) is 2.14. The van der Waals surface area contributed by atoms with Gasteiger partial charge in [-0.25, -0.2) is 4.98 Å². The number of imidazole rings is 1. The number of rotatable bonds is 4. The SMILES string of the molecule is CC(C)(C)c1ccnc(-n2c3[c-]c(Oc4[c-]c(-n5[c-][n+]6c7c(cccc75)CCCCCC6)ccc4)ccc3c3ccccc32)c1.[Pt]. The molecule has 46 heavy (non-hydrogen) atoms. The topological polar surface area (TPSA) is 35.9 Å². The van der Waals surface area contributed by atoms with E-state index in [4.69, 9.17) is 9.72 Å². The molecule has 5 nitrogen and oxygen atoms in total. The third-order valence-corrected chi connectivity index (χ3v) is 9.02. The first-order valence-corrected chi connectivity index (χ1v) is 16.0. The Morgan fingerprint density at radius 2 is 1.59 bits per heavy atom. The summed E-state index contributed by atoms with van der Waals surface area (Å²) in [6.07, 6.45) is 11.6. The van der Waals surface area contributed by atoms with Gasteiger partial charge in [-0.3, -0.25) is 0 Å². The van der Waals surface area contributed by atoms with E-state index in [-0.39, 0.29) is 26.5 Å². The predicted octanol–water partition coefficient (Wildman–Crippen LogP) is 9.01. The van der Waals surface area contributed by atoms with Crippen molar-refractivity contribution in [1.29, 1.82) is 0 Å². The van der Waals surface area contributed by atoms with Crippen molar-refractivity contribution in [3.8, 4) is 23.0 Å². The quantitative estimate of drug-likeness (QED) is 0.132. The van der Waals surface area contributed by atoms with E-state index in [0.717, 1.165) is 51.8 Å². The van der Waals surface area contributed by atoms with Crippen LogP contribution in [0.15, 0.2) is 91.1 Å². The molecule has 0 fully saturated rings. The minimum absolute atomic E-state index is 0. The van der Waals surface area contributed by atoms with Gasteiger partial charge >= 0.3 is 0 Å². The van der Waals surface area contributed by atoms with Crippen LogP contribution >= 0.6 is 0 Å². The predicted molar refractivity (Wildman–Crippen MR) is 179 cm³/mol. The molecule has 4 heterocycles. The molecule has 234 valence electrons. The maximum absolute atomic E-state index is 6.47. The fraction of sp³-hybridized carbons (Fsp3) is 0.250. The van der Waals surface area contributed by atoms with Crippen LogP contribution in [0.2, 0.25) is 0 Å². The fourth-order valence-electron chi connectivity index (χ4n) is 6.70. The molecule has 0 spiro atoms. The summed E-state index contributed by atoms with van der Waals surface area (Å²) >= 11 is 0. The molecule has 0 N–H and O–H groups in total. The summed E-state index contributed by atoms with van der Waals surface area (Å²) in [7, 11) is 0. The Labute approximate surface area is 284 Å². The third kappa shape index (κ3) is 5.45. The minimum Gasteiger partial charge on any atom is -0.510 e. The van der Waals surface area contributed by atoms with E-state index in [1.165, 1.54) is 42.3 Å². The summed E-state index contributed by atoms with van der Waals surface area (Å²) in [5.41, 5.74) is 8.02. The summed E-state index contributed by atoms with van der Waals surface area (Å²) in [5, 5.41) is 2.27. The van der Waals surface area contributed by atoms with Crippen molar-refractivity contribution >= 4 is 32.8 Å². The smallest absolute Gasteiger partial charge is 0.242 e. The Bertz CT molecular complexity index is 2200. The number of aryl methyl sites for hydroxylation is 2. The number of hydrogen-bond acceptors (Lipinski definition) is 2. The summed E-state index contributed by atoms with van der Waals surface area (Å²) < 4.78 is 13.1. The number of aromatic nitrogens is 4. The van der Waals surface area contributed by atoms with Gasteiger partial charge in [0.1, 0.15) is 5.82 Å². The molecule has 0 atom stereocenters. The van der Waals surface area contributed by atoms with Crippen molar-refractivity contribution in [2.45, 2.75) is 64.8 Å².